The molecule has 1 unspecified atom stereocenters. The smallest absolute Gasteiger partial charge is 0.0145 e. The number of allylic oxidation sites excluding steroid dienone is 1. The van der Waals surface area contributed by atoms with Crippen molar-refractivity contribution in [3.63, 3.8) is 0 Å². The molecule has 21 heavy (non-hydrogen) atoms. The fraction of sp³-hybridized carbons (Fsp3) is 0.600. The Labute approximate surface area is 130 Å². The first-order valence-electron chi connectivity index (χ1n) is 8.67. The Morgan fingerprint density at radius 3 is 2.48 bits per heavy atom. The maximum absolute atomic E-state index is 3.78. The van der Waals surface area contributed by atoms with E-state index in [-0.39, 0.29) is 0 Å². The van der Waals surface area contributed by atoms with Gasteiger partial charge in [-0.05, 0) is 82.0 Å². The van der Waals surface area contributed by atoms with Gasteiger partial charge in [-0.1, -0.05) is 36.8 Å². The van der Waals surface area contributed by atoms with Gasteiger partial charge in [-0.3, -0.25) is 0 Å². The molecule has 0 spiro atoms. The van der Waals surface area contributed by atoms with Gasteiger partial charge in [0.2, 0.25) is 0 Å². The third-order valence-corrected chi connectivity index (χ3v) is 4.67. The van der Waals surface area contributed by atoms with Crippen LogP contribution < -0.4 is 5.32 Å². The molecule has 0 aliphatic heterocycles. The van der Waals surface area contributed by atoms with Crippen LogP contribution in [-0.2, 0) is 6.42 Å². The van der Waals surface area contributed by atoms with Crippen LogP contribution in [0.3, 0.4) is 0 Å². The van der Waals surface area contributed by atoms with E-state index in [1.54, 1.807) is 11.1 Å². The molecule has 2 rings (SSSR count). The van der Waals surface area contributed by atoms with Crippen molar-refractivity contribution >= 4 is 0 Å². The molecule has 0 saturated heterocycles. The van der Waals surface area contributed by atoms with Crippen molar-refractivity contribution < 1.29 is 0 Å². The Kier molecular flexibility index (Phi) is 6.50. The number of hydrogen-bond acceptors (Lipinski definition) is 1. The van der Waals surface area contributed by atoms with Crippen LogP contribution in [-0.4, -0.2) is 12.6 Å². The summed E-state index contributed by atoms with van der Waals surface area (Å²) in [4.78, 5) is 0. The molecule has 1 heteroatoms. The van der Waals surface area contributed by atoms with Crippen molar-refractivity contribution in [2.24, 2.45) is 0 Å². The molecule has 0 radical (unpaired) electrons. The Hall–Kier alpha value is -1.08. The summed E-state index contributed by atoms with van der Waals surface area (Å²) in [7, 11) is 0. The highest BCUT2D eigenvalue weighted by Crippen LogP contribution is 2.24. The largest absolute Gasteiger partial charge is 0.313 e. The molecule has 1 aromatic rings. The number of hydrogen-bond donors (Lipinski definition) is 1. The molecule has 0 aromatic heterocycles. The van der Waals surface area contributed by atoms with E-state index in [0.717, 1.165) is 13.0 Å². The fourth-order valence-corrected chi connectivity index (χ4v) is 3.39. The van der Waals surface area contributed by atoms with Crippen LogP contribution >= 0.6 is 0 Å². The molecule has 1 N–H and O–H groups in total. The zero-order valence-electron chi connectivity index (χ0n) is 14.0. The molecule has 0 bridgehead atoms. The van der Waals surface area contributed by atoms with Crippen LogP contribution in [0.15, 0.2) is 29.8 Å². The van der Waals surface area contributed by atoms with Crippen LogP contribution in [0.2, 0.25) is 0 Å². The van der Waals surface area contributed by atoms with Crippen molar-refractivity contribution in [2.75, 3.05) is 6.54 Å². The second-order valence-electron chi connectivity index (χ2n) is 6.54. The molecule has 0 saturated carbocycles. The maximum atomic E-state index is 3.78. The third-order valence-electron chi connectivity index (χ3n) is 4.67. The molecule has 0 heterocycles. The van der Waals surface area contributed by atoms with Crippen LogP contribution in [0.1, 0.15) is 62.1 Å². The minimum Gasteiger partial charge on any atom is -0.313 e. The monoisotopic (exact) mass is 285 g/mol. The van der Waals surface area contributed by atoms with Crippen LogP contribution in [0.25, 0.3) is 0 Å². The summed E-state index contributed by atoms with van der Waals surface area (Å²) in [6.07, 6.45) is 11.5. The standard InChI is InChI=1S/C20H31N/c1-4-13-21-19(14-18-11-6-5-7-12-18)15-20-16(2)9-8-10-17(20)3/h8-11,19,21H,4-7,12-15H2,1-3H3. The zero-order valence-corrected chi connectivity index (χ0v) is 14.0. The Morgan fingerprint density at radius 1 is 1.10 bits per heavy atom. The summed E-state index contributed by atoms with van der Waals surface area (Å²) in [5.41, 5.74) is 6.11. The zero-order chi connectivity index (χ0) is 15.1. The van der Waals surface area contributed by atoms with E-state index in [2.05, 4.69) is 50.4 Å². The van der Waals surface area contributed by atoms with Gasteiger partial charge < -0.3 is 5.32 Å². The van der Waals surface area contributed by atoms with E-state index >= 15 is 0 Å². The molecule has 1 nitrogen and oxygen atoms in total. The molecule has 0 fully saturated rings. The first-order valence-corrected chi connectivity index (χ1v) is 8.67. The Balaban J connectivity index is 2.06. The molecule has 116 valence electrons. The first-order chi connectivity index (χ1) is 10.2. The lowest BCUT2D eigenvalue weighted by atomic mass is 9.89. The van der Waals surface area contributed by atoms with Gasteiger partial charge in [-0.25, -0.2) is 0 Å². The Morgan fingerprint density at radius 2 is 1.86 bits per heavy atom. The predicted octanol–water partition coefficient (Wildman–Crippen LogP) is 5.10. The first kappa shape index (κ1) is 16.3. The minimum atomic E-state index is 0.592. The summed E-state index contributed by atoms with van der Waals surface area (Å²) in [6, 6.07) is 7.26. The number of nitrogens with one attached hydrogen (secondary N) is 1. The molecular weight excluding hydrogens is 254 g/mol. The average molecular weight is 285 g/mol. The van der Waals surface area contributed by atoms with Crippen LogP contribution in [0.4, 0.5) is 0 Å². The van der Waals surface area contributed by atoms with Crippen molar-refractivity contribution in [1.82, 2.24) is 5.32 Å². The topological polar surface area (TPSA) is 12.0 Å². The second kappa shape index (κ2) is 8.38. The summed E-state index contributed by atoms with van der Waals surface area (Å²) >= 11 is 0. The average Bonchev–Trinajstić information content (AvgIpc) is 2.49. The highest BCUT2D eigenvalue weighted by atomic mass is 14.9. The summed E-state index contributed by atoms with van der Waals surface area (Å²) in [6.45, 7) is 7.88. The van der Waals surface area contributed by atoms with Crippen molar-refractivity contribution in [3.05, 3.63) is 46.5 Å². The van der Waals surface area contributed by atoms with Gasteiger partial charge in [-0.15, -0.1) is 0 Å². The van der Waals surface area contributed by atoms with E-state index in [0.29, 0.717) is 6.04 Å². The summed E-state index contributed by atoms with van der Waals surface area (Å²) < 4.78 is 0. The molecule has 1 atom stereocenters. The van der Waals surface area contributed by atoms with Crippen LogP contribution in [0, 0.1) is 13.8 Å². The fourth-order valence-electron chi connectivity index (χ4n) is 3.39. The lowest BCUT2D eigenvalue weighted by Gasteiger charge is -2.23. The van der Waals surface area contributed by atoms with E-state index in [4.69, 9.17) is 0 Å². The predicted molar refractivity (Wildman–Crippen MR) is 92.9 cm³/mol. The van der Waals surface area contributed by atoms with Gasteiger partial charge in [-0.2, -0.15) is 0 Å². The molecule has 0 amide bonds. The lowest BCUT2D eigenvalue weighted by molar-refractivity contribution is 0.489. The Bertz CT molecular complexity index is 452. The molecule has 1 aliphatic rings. The summed E-state index contributed by atoms with van der Waals surface area (Å²) in [5.74, 6) is 0. The van der Waals surface area contributed by atoms with Crippen molar-refractivity contribution in [2.45, 2.75) is 71.8 Å². The van der Waals surface area contributed by atoms with Crippen molar-refractivity contribution in [1.29, 1.82) is 0 Å². The highest BCUT2D eigenvalue weighted by molar-refractivity contribution is 5.34. The highest BCUT2D eigenvalue weighted by Gasteiger charge is 2.15. The molecule has 1 aromatic carbocycles. The minimum absolute atomic E-state index is 0.592. The van der Waals surface area contributed by atoms with Crippen molar-refractivity contribution in [3.8, 4) is 0 Å². The van der Waals surface area contributed by atoms with Gasteiger partial charge >= 0.3 is 0 Å². The van der Waals surface area contributed by atoms with Gasteiger partial charge in [0.05, 0.1) is 0 Å². The second-order valence-corrected chi connectivity index (χ2v) is 6.54. The normalized spacial score (nSPS) is 16.6. The van der Waals surface area contributed by atoms with Gasteiger partial charge in [0, 0.05) is 6.04 Å². The quantitative estimate of drug-likeness (QED) is 0.687. The van der Waals surface area contributed by atoms with E-state index < -0.39 is 0 Å². The number of rotatable bonds is 7. The lowest BCUT2D eigenvalue weighted by Crippen LogP contribution is -2.33. The van der Waals surface area contributed by atoms with Crippen LogP contribution in [0.5, 0.6) is 0 Å². The van der Waals surface area contributed by atoms with E-state index in [1.165, 1.54) is 49.7 Å². The molecular formula is C20H31N. The van der Waals surface area contributed by atoms with Gasteiger partial charge in [0.1, 0.15) is 0 Å². The van der Waals surface area contributed by atoms with E-state index in [9.17, 15) is 0 Å². The maximum Gasteiger partial charge on any atom is 0.0145 e. The van der Waals surface area contributed by atoms with Gasteiger partial charge in [0.25, 0.3) is 0 Å². The molecule has 1 aliphatic carbocycles. The number of benzene rings is 1. The van der Waals surface area contributed by atoms with Gasteiger partial charge in [0.15, 0.2) is 0 Å². The van der Waals surface area contributed by atoms with E-state index in [1.807, 2.05) is 0 Å². The summed E-state index contributed by atoms with van der Waals surface area (Å²) in [5, 5.41) is 3.78. The number of aryl methyl sites for hydroxylation is 2. The SMILES string of the molecule is CCCNC(CC1=CCCCC1)Cc1c(C)cccc1C. The third kappa shape index (κ3) is 5.00.